The van der Waals surface area contributed by atoms with Crippen LogP contribution in [0.1, 0.15) is 25.3 Å². The fourth-order valence-corrected chi connectivity index (χ4v) is 4.15. The lowest BCUT2D eigenvalue weighted by molar-refractivity contribution is 0.0386. The molecule has 1 N–H and O–H groups in total. The van der Waals surface area contributed by atoms with Crippen molar-refractivity contribution in [2.75, 3.05) is 13.2 Å². The van der Waals surface area contributed by atoms with Crippen LogP contribution in [0.5, 0.6) is 0 Å². The van der Waals surface area contributed by atoms with Crippen LogP contribution < -0.4 is 4.72 Å². The Morgan fingerprint density at radius 2 is 2.25 bits per heavy atom. The van der Waals surface area contributed by atoms with Crippen molar-refractivity contribution in [2.45, 2.75) is 30.2 Å². The number of sulfonamides is 1. The molecule has 2 rings (SSSR count). The molecule has 1 fully saturated rings. The highest BCUT2D eigenvalue weighted by Crippen LogP contribution is 2.26. The van der Waals surface area contributed by atoms with Crippen LogP contribution in [0.25, 0.3) is 0 Å². The third-order valence-corrected chi connectivity index (χ3v) is 5.29. The molecule has 1 aromatic carbocycles. The molecule has 0 aliphatic carbocycles. The Kier molecular flexibility index (Phi) is 4.35. The summed E-state index contributed by atoms with van der Waals surface area (Å²) in [6.45, 7) is 2.79. The highest BCUT2D eigenvalue weighted by atomic mass is 35.5. The molecule has 1 unspecified atom stereocenters. The number of nitrogens with zero attached hydrogens (tertiary/aromatic N) is 1. The second-order valence-electron chi connectivity index (χ2n) is 5.08. The summed E-state index contributed by atoms with van der Waals surface area (Å²) in [4.78, 5) is -0.0232. The van der Waals surface area contributed by atoms with Crippen LogP contribution in [-0.2, 0) is 14.8 Å². The number of rotatable bonds is 3. The van der Waals surface area contributed by atoms with Gasteiger partial charge in [0, 0.05) is 6.61 Å². The van der Waals surface area contributed by atoms with Gasteiger partial charge in [0.2, 0.25) is 10.0 Å². The van der Waals surface area contributed by atoms with Crippen molar-refractivity contribution in [1.29, 1.82) is 5.26 Å². The van der Waals surface area contributed by atoms with E-state index in [1.165, 1.54) is 18.2 Å². The highest BCUT2D eigenvalue weighted by Gasteiger charge is 2.33. The quantitative estimate of drug-likeness (QED) is 0.926. The SMILES string of the molecule is CC1(NS(=O)(=O)c2ccc(C#N)cc2Cl)CCCOC1. The summed E-state index contributed by atoms with van der Waals surface area (Å²) in [6, 6.07) is 6.03. The van der Waals surface area contributed by atoms with Gasteiger partial charge in [0.1, 0.15) is 4.90 Å². The molecule has 0 spiro atoms. The zero-order chi connectivity index (χ0) is 14.8. The average molecular weight is 315 g/mol. The van der Waals surface area contributed by atoms with E-state index in [1.807, 2.05) is 6.07 Å². The van der Waals surface area contributed by atoms with E-state index in [2.05, 4.69) is 4.72 Å². The summed E-state index contributed by atoms with van der Waals surface area (Å²) in [6.07, 6.45) is 1.51. The summed E-state index contributed by atoms with van der Waals surface area (Å²) in [5, 5.41) is 8.81. The van der Waals surface area contributed by atoms with Gasteiger partial charge in [-0.25, -0.2) is 13.1 Å². The van der Waals surface area contributed by atoms with Gasteiger partial charge in [-0.15, -0.1) is 0 Å². The second kappa shape index (κ2) is 5.70. The molecule has 1 atom stereocenters. The monoisotopic (exact) mass is 314 g/mol. The summed E-state index contributed by atoms with van der Waals surface area (Å²) in [5.74, 6) is 0. The number of ether oxygens (including phenoxy) is 1. The van der Waals surface area contributed by atoms with Crippen LogP contribution in [0.4, 0.5) is 0 Å². The van der Waals surface area contributed by atoms with E-state index in [0.29, 0.717) is 25.2 Å². The molecule has 5 nitrogen and oxygen atoms in total. The molecular formula is C13H15ClN2O3S. The molecule has 0 amide bonds. The third kappa shape index (κ3) is 3.30. The van der Waals surface area contributed by atoms with E-state index >= 15 is 0 Å². The molecule has 20 heavy (non-hydrogen) atoms. The lowest BCUT2D eigenvalue weighted by atomic mass is 9.97. The largest absolute Gasteiger partial charge is 0.380 e. The van der Waals surface area contributed by atoms with E-state index in [1.54, 1.807) is 6.92 Å². The molecule has 1 aromatic rings. The van der Waals surface area contributed by atoms with Gasteiger partial charge in [0.25, 0.3) is 0 Å². The summed E-state index contributed by atoms with van der Waals surface area (Å²) >= 11 is 5.95. The van der Waals surface area contributed by atoms with E-state index in [0.717, 1.165) is 6.42 Å². The molecule has 7 heteroatoms. The van der Waals surface area contributed by atoms with Crippen LogP contribution in [0.3, 0.4) is 0 Å². The van der Waals surface area contributed by atoms with Gasteiger partial charge < -0.3 is 4.74 Å². The number of nitriles is 1. The van der Waals surface area contributed by atoms with E-state index in [4.69, 9.17) is 21.6 Å². The topological polar surface area (TPSA) is 79.2 Å². The van der Waals surface area contributed by atoms with Crippen molar-refractivity contribution in [3.63, 3.8) is 0 Å². The summed E-state index contributed by atoms with van der Waals surface area (Å²) < 4.78 is 32.8. The number of hydrogen-bond donors (Lipinski definition) is 1. The molecule has 1 saturated heterocycles. The molecule has 1 heterocycles. The Bertz CT molecular complexity index is 646. The van der Waals surface area contributed by atoms with Gasteiger partial charge in [-0.3, -0.25) is 0 Å². The summed E-state index contributed by atoms with van der Waals surface area (Å²) in [5.41, 5.74) is -0.310. The highest BCUT2D eigenvalue weighted by molar-refractivity contribution is 7.89. The molecule has 1 aliphatic heterocycles. The number of hydrogen-bond acceptors (Lipinski definition) is 4. The Morgan fingerprint density at radius 3 is 2.80 bits per heavy atom. The fraction of sp³-hybridized carbons (Fsp3) is 0.462. The predicted octanol–water partition coefficient (Wildman–Crippen LogP) is 2.06. The molecule has 1 aliphatic rings. The Morgan fingerprint density at radius 1 is 1.50 bits per heavy atom. The predicted molar refractivity (Wildman–Crippen MR) is 74.9 cm³/mol. The first kappa shape index (κ1) is 15.3. The van der Waals surface area contributed by atoms with Crippen molar-refractivity contribution in [2.24, 2.45) is 0 Å². The smallest absolute Gasteiger partial charge is 0.242 e. The Labute approximate surface area is 123 Å². The lowest BCUT2D eigenvalue weighted by Gasteiger charge is -2.33. The van der Waals surface area contributed by atoms with Crippen molar-refractivity contribution in [3.05, 3.63) is 28.8 Å². The minimum absolute atomic E-state index is 0.0232. The first-order valence-corrected chi connectivity index (χ1v) is 8.04. The van der Waals surface area contributed by atoms with Crippen LogP contribution in [0, 0.1) is 11.3 Å². The standard InChI is InChI=1S/C13H15ClN2O3S/c1-13(5-2-6-19-9-13)16-20(17,18)12-4-3-10(8-15)7-11(12)14/h3-4,7,16H,2,5-6,9H2,1H3. The maximum atomic E-state index is 12.4. The normalized spacial score (nSPS) is 23.2. The molecule has 0 saturated carbocycles. The van der Waals surface area contributed by atoms with E-state index < -0.39 is 15.6 Å². The van der Waals surface area contributed by atoms with Gasteiger partial charge in [-0.05, 0) is 38.0 Å². The summed E-state index contributed by atoms with van der Waals surface area (Å²) in [7, 11) is -3.75. The minimum Gasteiger partial charge on any atom is -0.380 e. The Balaban J connectivity index is 2.29. The number of nitrogens with one attached hydrogen (secondary N) is 1. The van der Waals surface area contributed by atoms with Gasteiger partial charge in [0.05, 0.1) is 28.8 Å². The van der Waals surface area contributed by atoms with Crippen LogP contribution in [0.2, 0.25) is 5.02 Å². The van der Waals surface area contributed by atoms with Gasteiger partial charge >= 0.3 is 0 Å². The zero-order valence-electron chi connectivity index (χ0n) is 11.0. The van der Waals surface area contributed by atoms with Crippen molar-refractivity contribution < 1.29 is 13.2 Å². The molecule has 0 bridgehead atoms. The van der Waals surface area contributed by atoms with Crippen LogP contribution >= 0.6 is 11.6 Å². The molecular weight excluding hydrogens is 300 g/mol. The molecule has 108 valence electrons. The van der Waals surface area contributed by atoms with Crippen molar-refractivity contribution >= 4 is 21.6 Å². The third-order valence-electron chi connectivity index (χ3n) is 3.17. The maximum Gasteiger partial charge on any atom is 0.242 e. The average Bonchev–Trinajstić information content (AvgIpc) is 2.37. The van der Waals surface area contributed by atoms with Gasteiger partial charge in [0.15, 0.2) is 0 Å². The number of benzene rings is 1. The first-order chi connectivity index (χ1) is 9.36. The first-order valence-electron chi connectivity index (χ1n) is 6.18. The van der Waals surface area contributed by atoms with Crippen molar-refractivity contribution in [1.82, 2.24) is 4.72 Å². The lowest BCUT2D eigenvalue weighted by Crippen LogP contribution is -2.51. The second-order valence-corrected chi connectivity index (χ2v) is 7.14. The van der Waals surface area contributed by atoms with Crippen LogP contribution in [-0.4, -0.2) is 27.2 Å². The Hall–Kier alpha value is -1.13. The van der Waals surface area contributed by atoms with Crippen molar-refractivity contribution in [3.8, 4) is 6.07 Å². The van der Waals surface area contributed by atoms with Gasteiger partial charge in [-0.2, -0.15) is 5.26 Å². The minimum atomic E-state index is -3.75. The van der Waals surface area contributed by atoms with Gasteiger partial charge in [-0.1, -0.05) is 11.6 Å². The number of halogens is 1. The fourth-order valence-electron chi connectivity index (χ4n) is 2.18. The maximum absolute atomic E-state index is 12.4. The molecule has 0 radical (unpaired) electrons. The van der Waals surface area contributed by atoms with E-state index in [9.17, 15) is 8.42 Å². The molecule has 0 aromatic heterocycles. The van der Waals surface area contributed by atoms with E-state index in [-0.39, 0.29) is 9.92 Å². The van der Waals surface area contributed by atoms with Crippen LogP contribution in [0.15, 0.2) is 23.1 Å². The zero-order valence-corrected chi connectivity index (χ0v) is 12.6.